The Balaban J connectivity index is 1.56. The first-order valence-electron chi connectivity index (χ1n) is 8.95. The summed E-state index contributed by atoms with van der Waals surface area (Å²) in [5.41, 5.74) is 2.46. The molecule has 6 heteroatoms. The number of hydrogen-bond acceptors (Lipinski definition) is 5. The molecule has 136 valence electrons. The minimum absolute atomic E-state index is 0.193. The molecule has 2 aliphatic rings. The van der Waals surface area contributed by atoms with Crippen LogP contribution in [-0.4, -0.2) is 34.4 Å². The van der Waals surface area contributed by atoms with Gasteiger partial charge in [-0.1, -0.05) is 17.7 Å². The molecule has 3 heterocycles. The number of carbonyl (C=O) groups is 1. The number of piperidine rings is 1. The number of hydrogen-bond donors (Lipinski definition) is 0. The second-order valence-electron chi connectivity index (χ2n) is 7.42. The van der Waals surface area contributed by atoms with Gasteiger partial charge in [-0.3, -0.25) is 4.79 Å². The van der Waals surface area contributed by atoms with E-state index in [2.05, 4.69) is 14.9 Å². The molecule has 2 aromatic rings. The Bertz CT molecular complexity index is 869. The summed E-state index contributed by atoms with van der Waals surface area (Å²) in [7, 11) is 0. The van der Waals surface area contributed by atoms with Gasteiger partial charge in [-0.25, -0.2) is 9.97 Å². The Labute approximate surface area is 158 Å². The Morgan fingerprint density at radius 2 is 1.85 bits per heavy atom. The van der Waals surface area contributed by atoms with E-state index in [4.69, 9.17) is 16.3 Å². The van der Waals surface area contributed by atoms with Crippen molar-refractivity contribution in [3.05, 3.63) is 45.9 Å². The summed E-state index contributed by atoms with van der Waals surface area (Å²) < 4.78 is 6.42. The standard InChI is InChI=1S/C20H22ClN3O2/c1-12-8-13(2)19-15(25)11-20(26-16(19)9-12)4-6-24(7-5-20)18-10-17(21)22-14(3)23-18/h8-10H,4-7,11H2,1-3H3. The van der Waals surface area contributed by atoms with Crippen molar-refractivity contribution in [2.45, 2.75) is 45.6 Å². The molecule has 1 fully saturated rings. The van der Waals surface area contributed by atoms with E-state index in [0.717, 1.165) is 54.2 Å². The topological polar surface area (TPSA) is 55.3 Å². The number of anilines is 1. The number of nitrogens with zero attached hydrogens (tertiary/aromatic N) is 3. The third kappa shape index (κ3) is 3.05. The molecule has 0 unspecified atom stereocenters. The van der Waals surface area contributed by atoms with Crippen LogP contribution in [0.1, 0.15) is 46.6 Å². The molecule has 0 N–H and O–H groups in total. The monoisotopic (exact) mass is 371 g/mol. The van der Waals surface area contributed by atoms with Crippen molar-refractivity contribution in [1.82, 2.24) is 9.97 Å². The fraction of sp³-hybridized carbons (Fsp3) is 0.450. The number of ether oxygens (including phenoxy) is 1. The number of Topliss-reactive ketones (excluding diaryl/α,β-unsaturated/α-hetero) is 1. The van der Waals surface area contributed by atoms with E-state index in [0.29, 0.717) is 17.4 Å². The van der Waals surface area contributed by atoms with Gasteiger partial charge in [0.1, 0.15) is 28.1 Å². The molecule has 0 saturated carbocycles. The number of halogens is 1. The molecular weight excluding hydrogens is 350 g/mol. The lowest BCUT2D eigenvalue weighted by molar-refractivity contribution is 0.0229. The molecule has 0 atom stereocenters. The Morgan fingerprint density at radius 3 is 2.54 bits per heavy atom. The van der Waals surface area contributed by atoms with Gasteiger partial charge in [0, 0.05) is 32.0 Å². The van der Waals surface area contributed by atoms with Gasteiger partial charge in [-0.05, 0) is 38.0 Å². The third-order valence-electron chi connectivity index (χ3n) is 5.32. The molecule has 1 aromatic heterocycles. The van der Waals surface area contributed by atoms with E-state index in [1.807, 2.05) is 32.9 Å². The average Bonchev–Trinajstić information content (AvgIpc) is 2.53. The maximum absolute atomic E-state index is 12.8. The summed E-state index contributed by atoms with van der Waals surface area (Å²) in [6.45, 7) is 7.41. The van der Waals surface area contributed by atoms with Crippen molar-refractivity contribution in [2.24, 2.45) is 0 Å². The number of aryl methyl sites for hydroxylation is 3. The van der Waals surface area contributed by atoms with E-state index in [9.17, 15) is 4.79 Å². The Morgan fingerprint density at radius 1 is 1.12 bits per heavy atom. The Hall–Kier alpha value is -2.14. The second kappa shape index (κ2) is 6.23. The van der Waals surface area contributed by atoms with Gasteiger partial charge in [0.05, 0.1) is 12.0 Å². The van der Waals surface area contributed by atoms with Crippen LogP contribution in [0.5, 0.6) is 5.75 Å². The van der Waals surface area contributed by atoms with Crippen molar-refractivity contribution in [2.75, 3.05) is 18.0 Å². The number of carbonyl (C=O) groups excluding carboxylic acids is 1. The first kappa shape index (κ1) is 17.3. The SMILES string of the molecule is Cc1cc(C)c2c(c1)OC1(CCN(c3cc(Cl)nc(C)n3)CC1)CC2=O. The molecule has 5 nitrogen and oxygen atoms in total. The smallest absolute Gasteiger partial charge is 0.170 e. The fourth-order valence-corrected chi connectivity index (χ4v) is 4.34. The molecule has 0 bridgehead atoms. The van der Waals surface area contributed by atoms with Crippen LogP contribution in [0.2, 0.25) is 5.15 Å². The van der Waals surface area contributed by atoms with Crippen molar-refractivity contribution in [3.8, 4) is 5.75 Å². The zero-order valence-electron chi connectivity index (χ0n) is 15.3. The normalized spacial score (nSPS) is 18.6. The molecule has 0 aliphatic carbocycles. The lowest BCUT2D eigenvalue weighted by Crippen LogP contribution is -2.51. The number of fused-ring (bicyclic) bond motifs is 1. The first-order chi connectivity index (χ1) is 12.3. The molecular formula is C20H22ClN3O2. The number of ketones is 1. The summed E-state index contributed by atoms with van der Waals surface area (Å²) in [5, 5.41) is 0.455. The summed E-state index contributed by atoms with van der Waals surface area (Å²) in [6.07, 6.45) is 2.01. The van der Waals surface area contributed by atoms with Crippen LogP contribution in [0.3, 0.4) is 0 Å². The van der Waals surface area contributed by atoms with Crippen molar-refractivity contribution in [1.29, 1.82) is 0 Å². The lowest BCUT2D eigenvalue weighted by Gasteiger charge is -2.44. The van der Waals surface area contributed by atoms with Crippen LogP contribution in [0.25, 0.3) is 0 Å². The zero-order chi connectivity index (χ0) is 18.5. The van der Waals surface area contributed by atoms with Crippen LogP contribution in [-0.2, 0) is 0 Å². The maximum Gasteiger partial charge on any atom is 0.170 e. The highest BCUT2D eigenvalue weighted by Gasteiger charge is 2.43. The van der Waals surface area contributed by atoms with Gasteiger partial charge in [0.2, 0.25) is 0 Å². The van der Waals surface area contributed by atoms with Gasteiger partial charge < -0.3 is 9.64 Å². The van der Waals surface area contributed by atoms with Gasteiger partial charge in [0.25, 0.3) is 0 Å². The molecule has 1 aromatic carbocycles. The molecule has 1 saturated heterocycles. The van der Waals surface area contributed by atoms with Gasteiger partial charge >= 0.3 is 0 Å². The van der Waals surface area contributed by atoms with Gasteiger partial charge in [-0.15, -0.1) is 0 Å². The Kier molecular flexibility index (Phi) is 4.14. The average molecular weight is 372 g/mol. The summed E-state index contributed by atoms with van der Waals surface area (Å²) in [5.74, 6) is 2.44. The molecule has 1 spiro atoms. The van der Waals surface area contributed by atoms with Gasteiger partial charge in [-0.2, -0.15) is 0 Å². The number of rotatable bonds is 1. The predicted octanol–water partition coefficient (Wildman–Crippen LogP) is 4.06. The maximum atomic E-state index is 12.8. The van der Waals surface area contributed by atoms with E-state index in [1.165, 1.54) is 0 Å². The van der Waals surface area contributed by atoms with Crippen LogP contribution < -0.4 is 9.64 Å². The number of benzene rings is 1. The molecule has 26 heavy (non-hydrogen) atoms. The van der Waals surface area contributed by atoms with E-state index in [-0.39, 0.29) is 5.78 Å². The minimum atomic E-state index is -0.410. The highest BCUT2D eigenvalue weighted by Crippen LogP contribution is 2.41. The number of aromatic nitrogens is 2. The van der Waals surface area contributed by atoms with Crippen LogP contribution in [0.15, 0.2) is 18.2 Å². The summed E-state index contributed by atoms with van der Waals surface area (Å²) in [4.78, 5) is 23.6. The quantitative estimate of drug-likeness (QED) is 0.707. The van der Waals surface area contributed by atoms with Crippen molar-refractivity contribution in [3.63, 3.8) is 0 Å². The van der Waals surface area contributed by atoms with Crippen LogP contribution in [0, 0.1) is 20.8 Å². The van der Waals surface area contributed by atoms with Crippen molar-refractivity contribution < 1.29 is 9.53 Å². The van der Waals surface area contributed by atoms with Crippen LogP contribution >= 0.6 is 11.6 Å². The summed E-state index contributed by atoms with van der Waals surface area (Å²) in [6, 6.07) is 5.82. The largest absolute Gasteiger partial charge is 0.486 e. The second-order valence-corrected chi connectivity index (χ2v) is 7.81. The third-order valence-corrected chi connectivity index (χ3v) is 5.52. The van der Waals surface area contributed by atoms with Crippen molar-refractivity contribution >= 4 is 23.2 Å². The van der Waals surface area contributed by atoms with E-state index >= 15 is 0 Å². The van der Waals surface area contributed by atoms with Gasteiger partial charge in [0.15, 0.2) is 5.78 Å². The highest BCUT2D eigenvalue weighted by molar-refractivity contribution is 6.29. The van der Waals surface area contributed by atoms with Crippen LogP contribution in [0.4, 0.5) is 5.82 Å². The molecule has 0 amide bonds. The summed E-state index contributed by atoms with van der Waals surface area (Å²) >= 11 is 6.07. The van der Waals surface area contributed by atoms with E-state index < -0.39 is 5.60 Å². The highest BCUT2D eigenvalue weighted by atomic mass is 35.5. The van der Waals surface area contributed by atoms with E-state index in [1.54, 1.807) is 6.07 Å². The molecule has 4 rings (SSSR count). The fourth-order valence-electron chi connectivity index (χ4n) is 4.12. The predicted molar refractivity (Wildman–Crippen MR) is 101 cm³/mol. The molecule has 0 radical (unpaired) electrons. The lowest BCUT2D eigenvalue weighted by atomic mass is 9.81. The molecule has 2 aliphatic heterocycles. The minimum Gasteiger partial charge on any atom is -0.486 e. The zero-order valence-corrected chi connectivity index (χ0v) is 16.1. The first-order valence-corrected chi connectivity index (χ1v) is 9.33.